The smallest absolute Gasteiger partial charge is 0.250 e. The van der Waals surface area contributed by atoms with Gasteiger partial charge in [0, 0.05) is 40.8 Å². The maximum absolute atomic E-state index is 12.2. The number of nitrogen functional groups attached to an aromatic ring is 2. The number of anilines is 3. The number of rotatable bonds is 6. The Morgan fingerprint density at radius 1 is 1.23 bits per heavy atom. The first-order chi connectivity index (χ1) is 14.2. The van der Waals surface area contributed by atoms with Crippen molar-refractivity contribution in [1.82, 2.24) is 9.97 Å². The van der Waals surface area contributed by atoms with Gasteiger partial charge in [0.05, 0.1) is 22.6 Å². The molecule has 2 heterocycles. The normalized spacial score (nSPS) is 10.8. The van der Waals surface area contributed by atoms with Crippen LogP contribution in [0, 0.1) is 12.3 Å². The fraction of sp³-hybridized carbons (Fsp3) is 0.182. The molecular weight excluding hydrogens is 378 g/mol. The molecule has 3 rings (SSSR count). The van der Waals surface area contributed by atoms with Crippen LogP contribution >= 0.6 is 0 Å². The topological polar surface area (TPSA) is 157 Å². The number of hydrogen-bond donors (Lipinski definition) is 5. The molecule has 0 aliphatic rings. The Labute approximate surface area is 175 Å². The van der Waals surface area contributed by atoms with Gasteiger partial charge >= 0.3 is 0 Å². The quantitative estimate of drug-likeness (QED) is 0.314. The zero-order valence-electron chi connectivity index (χ0n) is 17.2. The lowest BCUT2D eigenvalue weighted by Crippen LogP contribution is -2.16. The molecule has 3 aromatic rings. The van der Waals surface area contributed by atoms with Crippen molar-refractivity contribution in [3.05, 3.63) is 53.2 Å². The molecule has 0 spiro atoms. The third-order valence-electron chi connectivity index (χ3n) is 4.70. The molecule has 0 saturated carbocycles. The van der Waals surface area contributed by atoms with Crippen LogP contribution in [0.1, 0.15) is 35.3 Å². The van der Waals surface area contributed by atoms with E-state index in [1.165, 1.54) is 0 Å². The lowest BCUT2D eigenvalue weighted by molar-refractivity contribution is 0.100. The number of pyridine rings is 2. The lowest BCUT2D eigenvalue weighted by Gasteiger charge is -2.18. The second kappa shape index (κ2) is 8.20. The highest BCUT2D eigenvalue weighted by molar-refractivity contribution is 6.05. The van der Waals surface area contributed by atoms with Crippen LogP contribution in [0.2, 0.25) is 0 Å². The molecule has 0 saturated heterocycles. The number of hydrogen-bond acceptors (Lipinski definition) is 7. The molecule has 154 valence electrons. The minimum Gasteiger partial charge on any atom is -0.398 e. The number of aryl methyl sites for hydroxylation is 1. The highest BCUT2D eigenvalue weighted by Gasteiger charge is 2.21. The van der Waals surface area contributed by atoms with Crippen molar-refractivity contribution < 1.29 is 4.79 Å². The Morgan fingerprint density at radius 2 is 1.97 bits per heavy atom. The molecule has 0 atom stereocenters. The molecule has 8 nitrogen and oxygen atoms in total. The van der Waals surface area contributed by atoms with Gasteiger partial charge in [0.15, 0.2) is 0 Å². The summed E-state index contributed by atoms with van der Waals surface area (Å²) in [4.78, 5) is 21.3. The van der Waals surface area contributed by atoms with Crippen molar-refractivity contribution in [3.8, 4) is 22.5 Å². The Kier molecular flexibility index (Phi) is 5.68. The largest absolute Gasteiger partial charge is 0.398 e. The van der Waals surface area contributed by atoms with Crippen LogP contribution in [0.4, 0.5) is 17.2 Å². The zero-order chi connectivity index (χ0) is 22.0. The second-order valence-electron chi connectivity index (χ2n) is 7.28. The van der Waals surface area contributed by atoms with Gasteiger partial charge in [-0.2, -0.15) is 0 Å². The maximum Gasteiger partial charge on any atom is 0.250 e. The van der Waals surface area contributed by atoms with Crippen molar-refractivity contribution >= 4 is 29.3 Å². The van der Waals surface area contributed by atoms with E-state index in [9.17, 15) is 4.79 Å². The van der Waals surface area contributed by atoms with Gasteiger partial charge in [0.2, 0.25) is 0 Å². The Bertz CT molecular complexity index is 1140. The van der Waals surface area contributed by atoms with Gasteiger partial charge in [0.25, 0.3) is 5.91 Å². The third-order valence-corrected chi connectivity index (χ3v) is 4.70. The molecule has 0 radical (unpaired) electrons. The lowest BCUT2D eigenvalue weighted by atomic mass is 9.94. The summed E-state index contributed by atoms with van der Waals surface area (Å²) in [5.41, 5.74) is 22.2. The Morgan fingerprint density at radius 3 is 2.60 bits per heavy atom. The first-order valence-corrected chi connectivity index (χ1v) is 9.46. The Hall–Kier alpha value is -3.94. The van der Waals surface area contributed by atoms with E-state index in [1.54, 1.807) is 24.4 Å². The van der Waals surface area contributed by atoms with Crippen LogP contribution in [-0.4, -0.2) is 28.1 Å². The molecule has 0 unspecified atom stereocenters. The van der Waals surface area contributed by atoms with Crippen molar-refractivity contribution in [2.75, 3.05) is 16.8 Å². The van der Waals surface area contributed by atoms with Crippen molar-refractivity contribution in [1.29, 1.82) is 5.41 Å². The van der Waals surface area contributed by atoms with E-state index < -0.39 is 5.91 Å². The molecule has 8 heteroatoms. The fourth-order valence-electron chi connectivity index (χ4n) is 3.30. The van der Waals surface area contributed by atoms with Gasteiger partial charge in [-0.25, -0.2) is 9.97 Å². The van der Waals surface area contributed by atoms with Crippen LogP contribution < -0.4 is 22.5 Å². The van der Waals surface area contributed by atoms with Gasteiger partial charge in [-0.15, -0.1) is 0 Å². The van der Waals surface area contributed by atoms with Gasteiger partial charge in [-0.05, 0) is 50.6 Å². The predicted octanol–water partition coefficient (Wildman–Crippen LogP) is 3.20. The van der Waals surface area contributed by atoms with Crippen LogP contribution in [0.3, 0.4) is 0 Å². The van der Waals surface area contributed by atoms with E-state index in [-0.39, 0.29) is 17.3 Å². The molecule has 0 fully saturated rings. The third kappa shape index (κ3) is 3.80. The van der Waals surface area contributed by atoms with E-state index in [0.717, 1.165) is 11.8 Å². The summed E-state index contributed by atoms with van der Waals surface area (Å²) in [7, 11) is 0. The molecule has 0 bridgehead atoms. The molecule has 1 amide bonds. The van der Waals surface area contributed by atoms with Gasteiger partial charge in [-0.3, -0.25) is 4.79 Å². The summed E-state index contributed by atoms with van der Waals surface area (Å²) in [6.45, 7) is 5.87. The van der Waals surface area contributed by atoms with Crippen LogP contribution in [-0.2, 0) is 0 Å². The monoisotopic (exact) mass is 403 g/mol. The minimum absolute atomic E-state index is 0.142. The summed E-state index contributed by atoms with van der Waals surface area (Å²) in [5.74, 6) is -0.0414. The number of nitrogens with two attached hydrogens (primary N) is 3. The first-order valence-electron chi connectivity index (χ1n) is 9.46. The number of amides is 1. The maximum atomic E-state index is 12.2. The van der Waals surface area contributed by atoms with Gasteiger partial charge in [0.1, 0.15) is 5.82 Å². The van der Waals surface area contributed by atoms with Crippen molar-refractivity contribution in [2.45, 2.75) is 26.8 Å². The SMILES string of the molecule is Cc1ccc(N)c(C=N)c1-c1nc(-c2cccnc2NC(C)C)cc(C(N)=O)c1N. The minimum atomic E-state index is -0.669. The molecule has 2 aromatic heterocycles. The number of carbonyl (C=O) groups is 1. The second-order valence-corrected chi connectivity index (χ2v) is 7.28. The highest BCUT2D eigenvalue weighted by Crippen LogP contribution is 2.37. The molecule has 8 N–H and O–H groups in total. The summed E-state index contributed by atoms with van der Waals surface area (Å²) in [5, 5.41) is 11.1. The van der Waals surface area contributed by atoms with E-state index in [4.69, 9.17) is 27.6 Å². The fourth-order valence-corrected chi connectivity index (χ4v) is 3.30. The highest BCUT2D eigenvalue weighted by atomic mass is 16.1. The van der Waals surface area contributed by atoms with Crippen molar-refractivity contribution in [2.24, 2.45) is 5.73 Å². The number of carbonyl (C=O) groups excluding carboxylic acids is 1. The number of benzene rings is 1. The average molecular weight is 403 g/mol. The average Bonchev–Trinajstić information content (AvgIpc) is 2.70. The number of aromatic nitrogens is 2. The molecule has 0 aliphatic heterocycles. The predicted molar refractivity (Wildman–Crippen MR) is 122 cm³/mol. The molecule has 1 aromatic carbocycles. The summed E-state index contributed by atoms with van der Waals surface area (Å²) >= 11 is 0. The van der Waals surface area contributed by atoms with Crippen molar-refractivity contribution in [3.63, 3.8) is 0 Å². The number of nitrogens with zero attached hydrogens (tertiary/aromatic N) is 2. The molecular formula is C22H25N7O. The van der Waals surface area contributed by atoms with Gasteiger partial charge < -0.3 is 27.9 Å². The number of primary amides is 1. The van der Waals surface area contributed by atoms with E-state index in [0.29, 0.717) is 39.6 Å². The van der Waals surface area contributed by atoms with Crippen LogP contribution in [0.5, 0.6) is 0 Å². The molecule has 0 aliphatic carbocycles. The zero-order valence-corrected chi connectivity index (χ0v) is 17.2. The Balaban J connectivity index is 2.37. The molecule has 30 heavy (non-hydrogen) atoms. The number of nitrogens with one attached hydrogen (secondary N) is 2. The summed E-state index contributed by atoms with van der Waals surface area (Å²) in [6.07, 6.45) is 2.84. The van der Waals surface area contributed by atoms with E-state index >= 15 is 0 Å². The summed E-state index contributed by atoms with van der Waals surface area (Å²) < 4.78 is 0. The van der Waals surface area contributed by atoms with Crippen LogP contribution in [0.15, 0.2) is 36.5 Å². The van der Waals surface area contributed by atoms with Crippen LogP contribution in [0.25, 0.3) is 22.5 Å². The van der Waals surface area contributed by atoms with Gasteiger partial charge in [-0.1, -0.05) is 6.07 Å². The van der Waals surface area contributed by atoms with E-state index in [2.05, 4.69) is 10.3 Å². The first kappa shape index (κ1) is 20.8. The summed E-state index contributed by atoms with van der Waals surface area (Å²) in [6, 6.07) is 8.90. The standard InChI is InChI=1S/C22H25N7O/c1-11(2)28-22-13(5-4-8-27-22)17-9-14(21(26)30)19(25)20(29-17)18-12(3)6-7-16(24)15(18)10-23/h4-11,23H,24-25H2,1-3H3,(H2,26,30)(H,27,28). The van der Waals surface area contributed by atoms with E-state index in [1.807, 2.05) is 32.9 Å².